The van der Waals surface area contributed by atoms with Crippen LogP contribution in [0.3, 0.4) is 0 Å². The first-order valence-corrected chi connectivity index (χ1v) is 15.0. The van der Waals surface area contributed by atoms with Gasteiger partial charge in [-0.05, 0) is 83.4 Å². The van der Waals surface area contributed by atoms with Crippen molar-refractivity contribution in [3.8, 4) is 11.5 Å². The van der Waals surface area contributed by atoms with Gasteiger partial charge in [0.05, 0.1) is 23.9 Å². The van der Waals surface area contributed by atoms with Gasteiger partial charge < -0.3 is 9.47 Å². The summed E-state index contributed by atoms with van der Waals surface area (Å²) < 4.78 is 39.4. The van der Waals surface area contributed by atoms with Crippen molar-refractivity contribution in [3.63, 3.8) is 0 Å². The highest BCUT2D eigenvalue weighted by Gasteiger charge is 2.27. The molecule has 8 nitrogen and oxygen atoms in total. The number of hydrogen-bond acceptors (Lipinski definition) is 6. The predicted octanol–water partition coefficient (Wildman–Crippen LogP) is 6.08. The number of nitrogens with zero attached hydrogens (tertiary/aromatic N) is 2. The highest BCUT2D eigenvalue weighted by Crippen LogP contribution is 2.27. The highest BCUT2D eigenvalue weighted by atomic mass is 32.2. The Bertz CT molecular complexity index is 1850. The predicted molar refractivity (Wildman–Crippen MR) is 169 cm³/mol. The van der Waals surface area contributed by atoms with Crippen molar-refractivity contribution in [2.24, 2.45) is 5.10 Å². The number of aryl methyl sites for hydroxylation is 1. The average molecular weight is 594 g/mol. The Hall–Kier alpha value is -5.15. The topological polar surface area (TPSA) is 97.3 Å². The zero-order valence-electron chi connectivity index (χ0n) is 23.8. The SMILES string of the molecule is COc1cccc(N(CC(=O)N/N=C\c2ccc(OCc3ccc4ccccc4c3)cc2)S(=O)(=O)c2ccc(C)cc2)c1. The number of amides is 1. The van der Waals surface area contributed by atoms with Gasteiger partial charge in [-0.1, -0.05) is 60.2 Å². The van der Waals surface area contributed by atoms with E-state index in [1.54, 1.807) is 36.4 Å². The van der Waals surface area contributed by atoms with E-state index in [9.17, 15) is 13.2 Å². The molecule has 5 rings (SSSR count). The maximum absolute atomic E-state index is 13.6. The lowest BCUT2D eigenvalue weighted by molar-refractivity contribution is -0.119. The van der Waals surface area contributed by atoms with Crippen molar-refractivity contribution in [1.29, 1.82) is 0 Å². The van der Waals surface area contributed by atoms with Crippen molar-refractivity contribution < 1.29 is 22.7 Å². The molecule has 0 saturated heterocycles. The van der Waals surface area contributed by atoms with Crippen molar-refractivity contribution >= 4 is 38.6 Å². The summed E-state index contributed by atoms with van der Waals surface area (Å²) in [6, 6.07) is 34.7. The number of carbonyl (C=O) groups excluding carboxylic acids is 1. The smallest absolute Gasteiger partial charge is 0.264 e. The van der Waals surface area contributed by atoms with E-state index in [-0.39, 0.29) is 4.90 Å². The molecule has 0 heterocycles. The number of sulfonamides is 1. The fraction of sp³-hybridized carbons (Fsp3) is 0.118. The van der Waals surface area contributed by atoms with Crippen LogP contribution in [-0.2, 0) is 21.4 Å². The third kappa shape index (κ3) is 7.38. The Labute approximate surface area is 251 Å². The Morgan fingerprint density at radius 1 is 0.837 bits per heavy atom. The molecule has 0 unspecified atom stereocenters. The van der Waals surface area contributed by atoms with Crippen LogP contribution in [0, 0.1) is 6.92 Å². The number of fused-ring (bicyclic) bond motifs is 1. The Morgan fingerprint density at radius 2 is 1.58 bits per heavy atom. The van der Waals surface area contributed by atoms with Gasteiger partial charge in [-0.3, -0.25) is 9.10 Å². The average Bonchev–Trinajstić information content (AvgIpc) is 3.03. The Kier molecular flexibility index (Phi) is 9.02. The zero-order valence-corrected chi connectivity index (χ0v) is 24.6. The molecular formula is C34H31N3O5S. The van der Waals surface area contributed by atoms with Crippen LogP contribution in [0.4, 0.5) is 5.69 Å². The van der Waals surface area contributed by atoms with Crippen LogP contribution >= 0.6 is 0 Å². The van der Waals surface area contributed by atoms with E-state index in [2.05, 4.69) is 34.8 Å². The van der Waals surface area contributed by atoms with E-state index >= 15 is 0 Å². The lowest BCUT2D eigenvalue weighted by atomic mass is 10.1. The van der Waals surface area contributed by atoms with Gasteiger partial charge in [0.2, 0.25) is 0 Å². The van der Waals surface area contributed by atoms with E-state index in [4.69, 9.17) is 9.47 Å². The largest absolute Gasteiger partial charge is 0.497 e. The lowest BCUT2D eigenvalue weighted by Gasteiger charge is -2.24. The van der Waals surface area contributed by atoms with E-state index in [0.717, 1.165) is 26.4 Å². The normalized spacial score (nSPS) is 11.4. The number of carbonyl (C=O) groups is 1. The molecule has 5 aromatic carbocycles. The molecule has 0 bridgehead atoms. The summed E-state index contributed by atoms with van der Waals surface area (Å²) in [5.41, 5.74) is 5.44. The molecule has 0 radical (unpaired) electrons. The summed E-state index contributed by atoms with van der Waals surface area (Å²) in [6.45, 7) is 1.82. The van der Waals surface area contributed by atoms with Crippen molar-refractivity contribution in [2.75, 3.05) is 18.0 Å². The number of ether oxygens (including phenoxy) is 2. The number of rotatable bonds is 11. The first-order valence-electron chi connectivity index (χ1n) is 13.6. The van der Waals surface area contributed by atoms with E-state index in [0.29, 0.717) is 23.8 Å². The maximum atomic E-state index is 13.6. The molecule has 0 saturated carbocycles. The van der Waals surface area contributed by atoms with Crippen LogP contribution in [0.1, 0.15) is 16.7 Å². The van der Waals surface area contributed by atoms with Gasteiger partial charge in [0, 0.05) is 6.07 Å². The summed E-state index contributed by atoms with van der Waals surface area (Å²) in [5, 5.41) is 6.38. The van der Waals surface area contributed by atoms with Gasteiger partial charge in [0.1, 0.15) is 24.7 Å². The first-order chi connectivity index (χ1) is 20.8. The van der Waals surface area contributed by atoms with Crippen LogP contribution in [-0.4, -0.2) is 34.2 Å². The van der Waals surface area contributed by atoms with Gasteiger partial charge in [0.15, 0.2) is 0 Å². The first kappa shape index (κ1) is 29.3. The minimum atomic E-state index is -4.06. The summed E-state index contributed by atoms with van der Waals surface area (Å²) in [7, 11) is -2.57. The number of hydrogen-bond donors (Lipinski definition) is 1. The molecule has 0 spiro atoms. The molecule has 1 amide bonds. The Morgan fingerprint density at radius 3 is 2.33 bits per heavy atom. The van der Waals surface area contributed by atoms with Crippen LogP contribution < -0.4 is 19.2 Å². The van der Waals surface area contributed by atoms with E-state index in [1.165, 1.54) is 30.8 Å². The van der Waals surface area contributed by atoms with Gasteiger partial charge in [0.25, 0.3) is 15.9 Å². The van der Waals surface area contributed by atoms with Gasteiger partial charge in [-0.2, -0.15) is 5.10 Å². The molecule has 9 heteroatoms. The minimum Gasteiger partial charge on any atom is -0.497 e. The molecule has 0 aliphatic carbocycles. The molecule has 0 aliphatic heterocycles. The van der Waals surface area contributed by atoms with Gasteiger partial charge >= 0.3 is 0 Å². The molecule has 1 N–H and O–H groups in total. The van der Waals surface area contributed by atoms with Crippen LogP contribution in [0.5, 0.6) is 11.5 Å². The van der Waals surface area contributed by atoms with Gasteiger partial charge in [-0.25, -0.2) is 13.8 Å². The lowest BCUT2D eigenvalue weighted by Crippen LogP contribution is -2.39. The van der Waals surface area contributed by atoms with E-state index in [1.807, 2.05) is 49.4 Å². The Balaban J connectivity index is 1.22. The standard InChI is InChI=1S/C34H31N3O5S/c1-25-10-18-33(19-11-25)43(39,40)37(30-8-5-9-32(21-30)41-2)23-34(38)36-35-22-26-13-16-31(17-14-26)42-24-27-12-15-28-6-3-4-7-29(28)20-27/h3-22H,23-24H2,1-2H3,(H,36,38)/b35-22-. The minimum absolute atomic E-state index is 0.0696. The monoisotopic (exact) mass is 593 g/mol. The third-order valence-electron chi connectivity index (χ3n) is 6.74. The molecule has 218 valence electrons. The molecule has 0 aromatic heterocycles. The van der Waals surface area contributed by atoms with Gasteiger partial charge in [-0.15, -0.1) is 0 Å². The third-order valence-corrected chi connectivity index (χ3v) is 8.53. The van der Waals surface area contributed by atoms with E-state index < -0.39 is 22.5 Å². The summed E-state index contributed by atoms with van der Waals surface area (Å²) in [6.07, 6.45) is 1.48. The summed E-state index contributed by atoms with van der Waals surface area (Å²) in [4.78, 5) is 12.9. The fourth-order valence-electron chi connectivity index (χ4n) is 4.41. The number of nitrogens with one attached hydrogen (secondary N) is 1. The number of methoxy groups -OCH3 is 1. The zero-order chi connectivity index (χ0) is 30.2. The van der Waals surface area contributed by atoms with Crippen LogP contribution in [0.2, 0.25) is 0 Å². The second-order valence-electron chi connectivity index (χ2n) is 9.86. The van der Waals surface area contributed by atoms with Crippen LogP contribution in [0.15, 0.2) is 125 Å². The number of anilines is 1. The molecule has 0 aliphatic rings. The molecule has 43 heavy (non-hydrogen) atoms. The maximum Gasteiger partial charge on any atom is 0.264 e. The summed E-state index contributed by atoms with van der Waals surface area (Å²) >= 11 is 0. The molecular weight excluding hydrogens is 562 g/mol. The molecule has 5 aromatic rings. The van der Waals surface area contributed by atoms with Crippen molar-refractivity contribution in [2.45, 2.75) is 18.4 Å². The quantitative estimate of drug-likeness (QED) is 0.148. The fourth-order valence-corrected chi connectivity index (χ4v) is 5.82. The molecule has 0 atom stereocenters. The number of hydrazone groups is 1. The second kappa shape index (κ2) is 13.2. The molecule has 0 fully saturated rings. The highest BCUT2D eigenvalue weighted by molar-refractivity contribution is 7.92. The van der Waals surface area contributed by atoms with Crippen molar-refractivity contribution in [3.05, 3.63) is 132 Å². The second-order valence-corrected chi connectivity index (χ2v) is 11.7. The number of benzene rings is 5. The van der Waals surface area contributed by atoms with Crippen LogP contribution in [0.25, 0.3) is 10.8 Å². The summed E-state index contributed by atoms with van der Waals surface area (Å²) in [5.74, 6) is 0.555. The van der Waals surface area contributed by atoms with Crippen molar-refractivity contribution in [1.82, 2.24) is 5.43 Å².